The predicted molar refractivity (Wildman–Crippen MR) is 58.8 cm³/mol. The molecular formula is C11H18N2O2. The van der Waals surface area contributed by atoms with Crippen molar-refractivity contribution in [2.75, 3.05) is 6.54 Å². The zero-order valence-electron chi connectivity index (χ0n) is 9.46. The molecule has 1 atom stereocenters. The van der Waals surface area contributed by atoms with Gasteiger partial charge in [0.05, 0.1) is 0 Å². The van der Waals surface area contributed by atoms with Crippen LogP contribution in [0, 0.1) is 6.92 Å². The van der Waals surface area contributed by atoms with E-state index in [1.807, 2.05) is 20.8 Å². The maximum absolute atomic E-state index is 11.6. The highest BCUT2D eigenvalue weighted by atomic mass is 16.4. The first-order chi connectivity index (χ1) is 7.08. The van der Waals surface area contributed by atoms with Crippen LogP contribution in [0.1, 0.15) is 35.7 Å². The molecule has 0 saturated carbocycles. The van der Waals surface area contributed by atoms with Crippen molar-refractivity contribution in [3.63, 3.8) is 0 Å². The van der Waals surface area contributed by atoms with Gasteiger partial charge in [0.1, 0.15) is 5.76 Å². The Labute approximate surface area is 89.8 Å². The van der Waals surface area contributed by atoms with Crippen molar-refractivity contribution in [1.82, 2.24) is 5.32 Å². The van der Waals surface area contributed by atoms with Crippen molar-refractivity contribution < 1.29 is 9.21 Å². The molecular weight excluding hydrogens is 192 g/mol. The van der Waals surface area contributed by atoms with Crippen molar-refractivity contribution in [3.05, 3.63) is 23.2 Å². The SMILES string of the molecule is CCc1oc(C(=O)N[C@H](C)CN)cc1C. The normalized spacial score (nSPS) is 12.5. The average molecular weight is 210 g/mol. The first kappa shape index (κ1) is 11.8. The molecule has 1 rings (SSSR count). The molecule has 15 heavy (non-hydrogen) atoms. The van der Waals surface area contributed by atoms with Gasteiger partial charge in [-0.3, -0.25) is 4.79 Å². The maximum atomic E-state index is 11.6. The van der Waals surface area contributed by atoms with Crippen LogP contribution in [0.5, 0.6) is 0 Å². The van der Waals surface area contributed by atoms with Gasteiger partial charge < -0.3 is 15.5 Å². The fraction of sp³-hybridized carbons (Fsp3) is 0.545. The van der Waals surface area contributed by atoms with Crippen LogP contribution in [0.4, 0.5) is 0 Å². The van der Waals surface area contributed by atoms with E-state index in [1.54, 1.807) is 6.07 Å². The summed E-state index contributed by atoms with van der Waals surface area (Å²) in [6, 6.07) is 1.73. The van der Waals surface area contributed by atoms with E-state index in [1.165, 1.54) is 0 Å². The number of rotatable bonds is 4. The van der Waals surface area contributed by atoms with Crippen LogP contribution in [0.2, 0.25) is 0 Å². The van der Waals surface area contributed by atoms with Gasteiger partial charge in [-0.05, 0) is 25.5 Å². The molecule has 1 heterocycles. The number of nitrogens with one attached hydrogen (secondary N) is 1. The third kappa shape index (κ3) is 2.83. The highest BCUT2D eigenvalue weighted by Crippen LogP contribution is 2.14. The quantitative estimate of drug-likeness (QED) is 0.785. The molecule has 4 heteroatoms. The summed E-state index contributed by atoms with van der Waals surface area (Å²) in [7, 11) is 0. The Morgan fingerprint density at radius 1 is 1.67 bits per heavy atom. The molecule has 3 N–H and O–H groups in total. The van der Waals surface area contributed by atoms with Crippen LogP contribution in [0.25, 0.3) is 0 Å². The number of carbonyl (C=O) groups excluding carboxylic acids is 1. The molecule has 0 bridgehead atoms. The second-order valence-electron chi connectivity index (χ2n) is 3.68. The van der Waals surface area contributed by atoms with E-state index in [-0.39, 0.29) is 11.9 Å². The number of nitrogens with two attached hydrogens (primary N) is 1. The topological polar surface area (TPSA) is 68.3 Å². The van der Waals surface area contributed by atoms with E-state index in [0.29, 0.717) is 12.3 Å². The standard InChI is InChI=1S/C11H18N2O2/c1-4-9-7(2)5-10(15-9)11(14)13-8(3)6-12/h5,8H,4,6,12H2,1-3H3,(H,13,14)/t8-/m1/s1. The Morgan fingerprint density at radius 2 is 2.33 bits per heavy atom. The highest BCUT2D eigenvalue weighted by molar-refractivity contribution is 5.91. The Hall–Kier alpha value is -1.29. The largest absolute Gasteiger partial charge is 0.456 e. The zero-order valence-corrected chi connectivity index (χ0v) is 9.46. The molecule has 0 aliphatic rings. The number of furan rings is 1. The average Bonchev–Trinajstić information content (AvgIpc) is 2.59. The van der Waals surface area contributed by atoms with Crippen LogP contribution >= 0.6 is 0 Å². The summed E-state index contributed by atoms with van der Waals surface area (Å²) in [6.45, 7) is 6.21. The minimum atomic E-state index is -0.198. The lowest BCUT2D eigenvalue weighted by atomic mass is 10.2. The van der Waals surface area contributed by atoms with Gasteiger partial charge in [0.15, 0.2) is 5.76 Å². The number of amides is 1. The molecule has 1 aromatic heterocycles. The minimum Gasteiger partial charge on any atom is -0.456 e. The number of hydrogen-bond donors (Lipinski definition) is 2. The lowest BCUT2D eigenvalue weighted by molar-refractivity contribution is 0.0911. The first-order valence-electron chi connectivity index (χ1n) is 5.18. The van der Waals surface area contributed by atoms with Crippen molar-refractivity contribution in [1.29, 1.82) is 0 Å². The van der Waals surface area contributed by atoms with Crippen LogP contribution in [0.3, 0.4) is 0 Å². The fourth-order valence-corrected chi connectivity index (χ4v) is 1.34. The van der Waals surface area contributed by atoms with Gasteiger partial charge in [0, 0.05) is 19.0 Å². The van der Waals surface area contributed by atoms with E-state index in [9.17, 15) is 4.79 Å². The van der Waals surface area contributed by atoms with Crippen LogP contribution < -0.4 is 11.1 Å². The molecule has 0 unspecified atom stereocenters. The lowest BCUT2D eigenvalue weighted by Crippen LogP contribution is -2.37. The molecule has 0 aliphatic heterocycles. The van der Waals surface area contributed by atoms with E-state index in [4.69, 9.17) is 10.2 Å². The van der Waals surface area contributed by atoms with Crippen molar-refractivity contribution in [2.45, 2.75) is 33.2 Å². The van der Waals surface area contributed by atoms with Gasteiger partial charge in [-0.15, -0.1) is 0 Å². The Bertz CT molecular complexity index is 344. The van der Waals surface area contributed by atoms with E-state index < -0.39 is 0 Å². The summed E-state index contributed by atoms with van der Waals surface area (Å²) in [5.41, 5.74) is 6.43. The van der Waals surface area contributed by atoms with Gasteiger partial charge in [-0.2, -0.15) is 0 Å². The van der Waals surface area contributed by atoms with Gasteiger partial charge in [-0.25, -0.2) is 0 Å². The molecule has 0 fully saturated rings. The fourth-order valence-electron chi connectivity index (χ4n) is 1.34. The third-order valence-electron chi connectivity index (χ3n) is 2.30. The van der Waals surface area contributed by atoms with E-state index >= 15 is 0 Å². The number of aryl methyl sites for hydroxylation is 2. The number of carbonyl (C=O) groups is 1. The molecule has 0 radical (unpaired) electrons. The zero-order chi connectivity index (χ0) is 11.4. The van der Waals surface area contributed by atoms with Crippen LogP contribution in [-0.2, 0) is 6.42 Å². The molecule has 84 valence electrons. The molecule has 0 aliphatic carbocycles. The molecule has 1 amide bonds. The smallest absolute Gasteiger partial charge is 0.287 e. The minimum absolute atomic E-state index is 0.0343. The first-order valence-corrected chi connectivity index (χ1v) is 5.18. The molecule has 0 aromatic carbocycles. The summed E-state index contributed by atoms with van der Waals surface area (Å²) in [5, 5.41) is 2.75. The molecule has 1 aromatic rings. The molecule has 0 spiro atoms. The highest BCUT2D eigenvalue weighted by Gasteiger charge is 2.14. The summed E-state index contributed by atoms with van der Waals surface area (Å²) in [6.07, 6.45) is 0.797. The lowest BCUT2D eigenvalue weighted by Gasteiger charge is -2.09. The van der Waals surface area contributed by atoms with Gasteiger partial charge >= 0.3 is 0 Å². The van der Waals surface area contributed by atoms with Crippen LogP contribution in [-0.4, -0.2) is 18.5 Å². The summed E-state index contributed by atoms with van der Waals surface area (Å²) >= 11 is 0. The second-order valence-corrected chi connectivity index (χ2v) is 3.68. The Balaban J connectivity index is 2.74. The molecule has 0 saturated heterocycles. The monoisotopic (exact) mass is 210 g/mol. The third-order valence-corrected chi connectivity index (χ3v) is 2.30. The van der Waals surface area contributed by atoms with Gasteiger partial charge in [0.2, 0.25) is 0 Å². The van der Waals surface area contributed by atoms with Crippen molar-refractivity contribution >= 4 is 5.91 Å². The Morgan fingerprint density at radius 3 is 2.80 bits per heavy atom. The van der Waals surface area contributed by atoms with Crippen molar-refractivity contribution in [2.24, 2.45) is 5.73 Å². The van der Waals surface area contributed by atoms with E-state index in [0.717, 1.165) is 17.7 Å². The van der Waals surface area contributed by atoms with Crippen LogP contribution in [0.15, 0.2) is 10.5 Å². The van der Waals surface area contributed by atoms with E-state index in [2.05, 4.69) is 5.32 Å². The van der Waals surface area contributed by atoms with Crippen molar-refractivity contribution in [3.8, 4) is 0 Å². The number of hydrogen-bond acceptors (Lipinski definition) is 3. The Kier molecular flexibility index (Phi) is 3.91. The predicted octanol–water partition coefficient (Wildman–Crippen LogP) is 1.23. The van der Waals surface area contributed by atoms with Gasteiger partial charge in [0.25, 0.3) is 5.91 Å². The molecule has 4 nitrogen and oxygen atoms in total. The van der Waals surface area contributed by atoms with Gasteiger partial charge in [-0.1, -0.05) is 6.92 Å². The maximum Gasteiger partial charge on any atom is 0.287 e. The second kappa shape index (κ2) is 4.98. The summed E-state index contributed by atoms with van der Waals surface area (Å²) in [5.74, 6) is 1.03. The summed E-state index contributed by atoms with van der Waals surface area (Å²) in [4.78, 5) is 11.6. The summed E-state index contributed by atoms with van der Waals surface area (Å²) < 4.78 is 5.42.